The predicted octanol–water partition coefficient (Wildman–Crippen LogP) is 3.75. The van der Waals surface area contributed by atoms with Gasteiger partial charge < -0.3 is 18.8 Å². The number of esters is 3. The summed E-state index contributed by atoms with van der Waals surface area (Å²) in [5.74, 6) is -2.07. The van der Waals surface area contributed by atoms with Crippen LogP contribution in [0.2, 0.25) is 0 Å². The molecule has 0 aliphatic heterocycles. The van der Waals surface area contributed by atoms with Gasteiger partial charge in [-0.25, -0.2) is 14.4 Å². The van der Waals surface area contributed by atoms with E-state index in [9.17, 15) is 14.4 Å². The second kappa shape index (κ2) is 10.1. The van der Waals surface area contributed by atoms with Crippen LogP contribution in [0.3, 0.4) is 0 Å². The molecule has 0 saturated heterocycles. The number of hydrogen-bond acceptors (Lipinski definition) is 7. The number of ether oxygens (including phenoxy) is 3. The maximum absolute atomic E-state index is 12.4. The van der Waals surface area contributed by atoms with Gasteiger partial charge in [0.25, 0.3) is 0 Å². The quantitative estimate of drug-likeness (QED) is 0.318. The molecular formula is C24H20N2O6. The zero-order valence-corrected chi connectivity index (χ0v) is 17.5. The minimum absolute atomic E-state index is 0.000557. The van der Waals surface area contributed by atoms with Crippen LogP contribution >= 0.6 is 0 Å². The Balaban J connectivity index is 1.85. The molecule has 0 fully saturated rings. The van der Waals surface area contributed by atoms with Crippen LogP contribution in [0.15, 0.2) is 54.7 Å². The molecule has 0 unspecified atom stereocenters. The van der Waals surface area contributed by atoms with Crippen molar-refractivity contribution in [1.29, 1.82) is 5.26 Å². The molecule has 0 atom stereocenters. The summed E-state index contributed by atoms with van der Waals surface area (Å²) < 4.78 is 16.6. The van der Waals surface area contributed by atoms with Crippen LogP contribution in [0.25, 0.3) is 17.0 Å². The lowest BCUT2D eigenvalue weighted by molar-refractivity contribution is -0.128. The largest absolute Gasteiger partial charge is 0.465 e. The highest BCUT2D eigenvalue weighted by atomic mass is 16.5. The number of hydrogen-bond donors (Lipinski definition) is 0. The molecule has 8 nitrogen and oxygen atoms in total. The van der Waals surface area contributed by atoms with Crippen molar-refractivity contribution >= 4 is 34.9 Å². The third kappa shape index (κ3) is 5.02. The normalized spacial score (nSPS) is 10.7. The highest BCUT2D eigenvalue weighted by Crippen LogP contribution is 2.23. The molecule has 0 spiro atoms. The number of aryl methyl sites for hydroxylation is 1. The van der Waals surface area contributed by atoms with Gasteiger partial charge >= 0.3 is 17.9 Å². The molecular weight excluding hydrogens is 412 g/mol. The Hall–Kier alpha value is -4.38. The fraction of sp³-hybridized carbons (Fsp3) is 0.167. The average Bonchev–Trinajstić information content (AvgIpc) is 3.17. The summed E-state index contributed by atoms with van der Waals surface area (Å²) in [5.41, 5.74) is 1.82. The van der Waals surface area contributed by atoms with Crippen molar-refractivity contribution in [2.45, 2.75) is 13.0 Å². The van der Waals surface area contributed by atoms with Crippen LogP contribution in [0.4, 0.5) is 0 Å². The van der Waals surface area contributed by atoms with Gasteiger partial charge in [0, 0.05) is 35.3 Å². The molecule has 0 radical (unpaired) electrons. The predicted molar refractivity (Wildman–Crippen MR) is 116 cm³/mol. The van der Waals surface area contributed by atoms with Crippen LogP contribution in [0.5, 0.6) is 5.75 Å². The lowest BCUT2D eigenvalue weighted by Gasteiger charge is -2.07. The lowest BCUT2D eigenvalue weighted by atomic mass is 10.1. The van der Waals surface area contributed by atoms with Gasteiger partial charge in [0.1, 0.15) is 5.75 Å². The number of carbonyl (C=O) groups is 3. The minimum Gasteiger partial charge on any atom is -0.465 e. The van der Waals surface area contributed by atoms with E-state index in [0.29, 0.717) is 13.0 Å². The SMILES string of the molecule is COC(=O)c1cc(OC(=O)C=Cc2cn(CCC#N)c3ccccc23)cc(C(=O)OC)c1. The molecule has 3 rings (SSSR count). The summed E-state index contributed by atoms with van der Waals surface area (Å²) in [5, 5.41) is 9.79. The van der Waals surface area contributed by atoms with Crippen molar-refractivity contribution in [3.63, 3.8) is 0 Å². The Morgan fingerprint density at radius 1 is 1.03 bits per heavy atom. The first-order valence-electron chi connectivity index (χ1n) is 9.63. The summed E-state index contributed by atoms with van der Waals surface area (Å²) in [6, 6.07) is 13.7. The minimum atomic E-state index is -0.698. The van der Waals surface area contributed by atoms with Crippen LogP contribution in [-0.2, 0) is 20.8 Å². The van der Waals surface area contributed by atoms with Gasteiger partial charge in [-0.1, -0.05) is 18.2 Å². The monoisotopic (exact) mass is 432 g/mol. The molecule has 0 aliphatic carbocycles. The first-order valence-corrected chi connectivity index (χ1v) is 9.63. The number of nitrogens with zero attached hydrogens (tertiary/aromatic N) is 2. The fourth-order valence-corrected chi connectivity index (χ4v) is 3.20. The van der Waals surface area contributed by atoms with Gasteiger partial charge in [0.15, 0.2) is 0 Å². The van der Waals surface area contributed by atoms with E-state index in [0.717, 1.165) is 16.5 Å². The Kier molecular flexibility index (Phi) is 7.03. The maximum atomic E-state index is 12.4. The number of aromatic nitrogens is 1. The van der Waals surface area contributed by atoms with Gasteiger partial charge in [-0.2, -0.15) is 5.26 Å². The van der Waals surface area contributed by atoms with Crippen molar-refractivity contribution in [1.82, 2.24) is 4.57 Å². The molecule has 1 aromatic heterocycles. The molecule has 1 heterocycles. The highest BCUT2D eigenvalue weighted by molar-refractivity contribution is 5.97. The van der Waals surface area contributed by atoms with Crippen molar-refractivity contribution in [3.8, 4) is 11.8 Å². The molecule has 162 valence electrons. The number of rotatable bonds is 7. The van der Waals surface area contributed by atoms with E-state index in [1.54, 1.807) is 6.08 Å². The third-order valence-corrected chi connectivity index (χ3v) is 4.65. The van der Waals surface area contributed by atoms with Gasteiger partial charge in [-0.05, 0) is 30.3 Å². The zero-order chi connectivity index (χ0) is 23.1. The smallest absolute Gasteiger partial charge is 0.338 e. The molecule has 2 aromatic carbocycles. The van der Waals surface area contributed by atoms with Crippen LogP contribution in [-0.4, -0.2) is 36.7 Å². The second-order valence-electron chi connectivity index (χ2n) is 6.69. The molecule has 0 N–H and O–H groups in total. The summed E-state index contributed by atoms with van der Waals surface area (Å²) >= 11 is 0. The Morgan fingerprint density at radius 2 is 1.69 bits per heavy atom. The number of para-hydroxylation sites is 1. The molecule has 0 amide bonds. The van der Waals surface area contributed by atoms with Crippen LogP contribution in [0, 0.1) is 11.3 Å². The number of benzene rings is 2. The standard InChI is InChI=1S/C24H20N2O6/c1-30-23(28)17-12-18(24(29)31-2)14-19(13-17)32-22(27)9-8-16-15-26(11-5-10-25)21-7-4-3-6-20(16)21/h3-4,6-9,12-15H,5,11H2,1-2H3. The molecule has 32 heavy (non-hydrogen) atoms. The Morgan fingerprint density at radius 3 is 2.31 bits per heavy atom. The zero-order valence-electron chi connectivity index (χ0n) is 17.5. The van der Waals surface area contributed by atoms with Gasteiger partial charge in [0.2, 0.25) is 0 Å². The number of methoxy groups -OCH3 is 2. The molecule has 0 bridgehead atoms. The van der Waals surface area contributed by atoms with Crippen LogP contribution in [0.1, 0.15) is 32.7 Å². The van der Waals surface area contributed by atoms with Crippen LogP contribution < -0.4 is 4.74 Å². The van der Waals surface area contributed by atoms with E-state index in [1.165, 1.54) is 38.5 Å². The van der Waals surface area contributed by atoms with Gasteiger partial charge in [-0.15, -0.1) is 0 Å². The highest BCUT2D eigenvalue weighted by Gasteiger charge is 2.16. The molecule has 3 aromatic rings. The number of carbonyl (C=O) groups excluding carboxylic acids is 3. The summed E-state index contributed by atoms with van der Waals surface area (Å²) in [4.78, 5) is 36.2. The summed E-state index contributed by atoms with van der Waals surface area (Å²) in [6.07, 6.45) is 5.08. The Labute approximate surface area is 184 Å². The van der Waals surface area contributed by atoms with Crippen molar-refractivity contribution in [2.24, 2.45) is 0 Å². The van der Waals surface area contributed by atoms with Crippen molar-refractivity contribution in [2.75, 3.05) is 14.2 Å². The molecule has 0 aliphatic rings. The van der Waals surface area contributed by atoms with Crippen molar-refractivity contribution < 1.29 is 28.6 Å². The van der Waals surface area contributed by atoms with E-state index in [-0.39, 0.29) is 16.9 Å². The van der Waals surface area contributed by atoms with Gasteiger partial charge in [-0.3, -0.25) is 0 Å². The topological polar surface area (TPSA) is 108 Å². The maximum Gasteiger partial charge on any atom is 0.338 e. The van der Waals surface area contributed by atoms with E-state index in [2.05, 4.69) is 15.5 Å². The van der Waals surface area contributed by atoms with Crippen molar-refractivity contribution in [3.05, 3.63) is 71.4 Å². The Bertz CT molecular complexity index is 1210. The summed E-state index contributed by atoms with van der Waals surface area (Å²) in [7, 11) is 2.41. The third-order valence-electron chi connectivity index (χ3n) is 4.65. The van der Waals surface area contributed by atoms with Gasteiger partial charge in [0.05, 0.1) is 37.8 Å². The fourth-order valence-electron chi connectivity index (χ4n) is 3.20. The second-order valence-corrected chi connectivity index (χ2v) is 6.69. The first kappa shape index (κ1) is 22.3. The van der Waals surface area contributed by atoms with E-state index in [1.807, 2.05) is 35.0 Å². The number of fused-ring (bicyclic) bond motifs is 1. The number of nitriles is 1. The summed E-state index contributed by atoms with van der Waals surface area (Å²) in [6.45, 7) is 0.534. The van der Waals surface area contributed by atoms with E-state index < -0.39 is 17.9 Å². The average molecular weight is 432 g/mol. The first-order chi connectivity index (χ1) is 15.5. The molecule has 8 heteroatoms. The van der Waals surface area contributed by atoms with E-state index >= 15 is 0 Å². The van der Waals surface area contributed by atoms with E-state index in [4.69, 9.17) is 10.00 Å². The lowest BCUT2D eigenvalue weighted by Crippen LogP contribution is -2.09. The molecule has 0 saturated carbocycles.